The van der Waals surface area contributed by atoms with Crippen LogP contribution < -0.4 is 0 Å². The number of thiazole rings is 1. The first-order chi connectivity index (χ1) is 13.6. The lowest BCUT2D eigenvalue weighted by Crippen LogP contribution is -2.05. The maximum atomic E-state index is 12.7. The lowest BCUT2D eigenvalue weighted by molar-refractivity contribution is 0.681. The lowest BCUT2D eigenvalue weighted by Gasteiger charge is -2.06. The standard InChI is InChI=1S/C21H18ClN3OS2/c1-14-20(25-19-5-3-2-4-18(19)23-14)13-28(26)12-17-11-27-21(24-17)10-15-6-8-16(22)9-7-15/h2-9,11H,10,12-13H2,1H3. The Hall–Kier alpha value is -2.15. The first kappa shape index (κ1) is 19.2. The van der Waals surface area contributed by atoms with E-state index in [-0.39, 0.29) is 0 Å². The van der Waals surface area contributed by atoms with E-state index in [0.717, 1.165) is 50.1 Å². The number of fused-ring (bicyclic) bond motifs is 1. The van der Waals surface area contributed by atoms with Crippen LogP contribution in [0.25, 0.3) is 11.0 Å². The van der Waals surface area contributed by atoms with Crippen LogP contribution in [0, 0.1) is 6.92 Å². The highest BCUT2D eigenvalue weighted by Crippen LogP contribution is 2.19. The molecule has 0 spiro atoms. The molecule has 0 aliphatic carbocycles. The van der Waals surface area contributed by atoms with Crippen molar-refractivity contribution in [3.63, 3.8) is 0 Å². The Morgan fingerprint density at radius 2 is 1.68 bits per heavy atom. The van der Waals surface area contributed by atoms with Gasteiger partial charge in [-0.15, -0.1) is 11.3 Å². The molecule has 0 fully saturated rings. The van der Waals surface area contributed by atoms with Crippen molar-refractivity contribution < 1.29 is 4.21 Å². The molecule has 4 rings (SSSR count). The summed E-state index contributed by atoms with van der Waals surface area (Å²) in [4.78, 5) is 13.9. The number of nitrogens with zero attached hydrogens (tertiary/aromatic N) is 3. The second-order valence-corrected chi connectivity index (χ2v) is 9.34. The van der Waals surface area contributed by atoms with E-state index in [4.69, 9.17) is 11.6 Å². The Morgan fingerprint density at radius 1 is 0.964 bits per heavy atom. The van der Waals surface area contributed by atoms with Gasteiger partial charge in [0, 0.05) is 27.6 Å². The summed E-state index contributed by atoms with van der Waals surface area (Å²) in [5.74, 6) is 0.804. The Kier molecular flexibility index (Phi) is 5.80. The van der Waals surface area contributed by atoms with Gasteiger partial charge in [0.25, 0.3) is 0 Å². The Balaban J connectivity index is 1.42. The van der Waals surface area contributed by atoms with Crippen LogP contribution in [0.3, 0.4) is 0 Å². The molecule has 0 saturated carbocycles. The van der Waals surface area contributed by atoms with Gasteiger partial charge >= 0.3 is 0 Å². The molecule has 0 N–H and O–H groups in total. The SMILES string of the molecule is Cc1nc2ccccc2nc1CS(=O)Cc1csc(Cc2ccc(Cl)cc2)n1. The van der Waals surface area contributed by atoms with Crippen molar-refractivity contribution in [2.45, 2.75) is 24.9 Å². The van der Waals surface area contributed by atoms with Crippen LogP contribution in [0.4, 0.5) is 0 Å². The number of aromatic nitrogens is 3. The van der Waals surface area contributed by atoms with Crippen molar-refractivity contribution in [3.05, 3.63) is 86.6 Å². The van der Waals surface area contributed by atoms with Crippen molar-refractivity contribution in [1.29, 1.82) is 0 Å². The number of aryl methyl sites for hydroxylation is 1. The molecule has 2 aromatic heterocycles. The van der Waals surface area contributed by atoms with Gasteiger partial charge in [-0.1, -0.05) is 35.9 Å². The summed E-state index contributed by atoms with van der Waals surface area (Å²) in [5, 5.41) is 3.73. The van der Waals surface area contributed by atoms with Crippen LogP contribution in [-0.4, -0.2) is 19.2 Å². The zero-order valence-electron chi connectivity index (χ0n) is 15.3. The van der Waals surface area contributed by atoms with E-state index in [1.54, 1.807) is 11.3 Å². The normalized spacial score (nSPS) is 12.4. The smallest absolute Gasteiger partial charge is 0.0972 e. The highest BCUT2D eigenvalue weighted by atomic mass is 35.5. The zero-order valence-corrected chi connectivity index (χ0v) is 17.7. The molecule has 0 saturated heterocycles. The summed E-state index contributed by atoms with van der Waals surface area (Å²) in [6.07, 6.45) is 0.754. The van der Waals surface area contributed by atoms with Crippen LogP contribution in [0.1, 0.15) is 27.7 Å². The number of benzene rings is 2. The van der Waals surface area contributed by atoms with Gasteiger partial charge in [-0.3, -0.25) is 4.21 Å². The Bertz CT molecular complexity index is 1140. The zero-order chi connectivity index (χ0) is 19.5. The molecule has 2 aromatic carbocycles. The van der Waals surface area contributed by atoms with E-state index in [9.17, 15) is 4.21 Å². The van der Waals surface area contributed by atoms with E-state index >= 15 is 0 Å². The molecule has 0 amide bonds. The number of rotatable bonds is 6. The van der Waals surface area contributed by atoms with Gasteiger partial charge in [0.05, 0.1) is 44.6 Å². The van der Waals surface area contributed by atoms with Gasteiger partial charge in [-0.05, 0) is 36.8 Å². The van der Waals surface area contributed by atoms with E-state index in [2.05, 4.69) is 15.0 Å². The molecule has 7 heteroatoms. The molecule has 0 bridgehead atoms. The van der Waals surface area contributed by atoms with Crippen molar-refractivity contribution >= 4 is 44.8 Å². The maximum Gasteiger partial charge on any atom is 0.0972 e. The van der Waals surface area contributed by atoms with Gasteiger partial charge in [0.1, 0.15) is 0 Å². The third-order valence-corrected chi connectivity index (χ3v) is 6.68. The summed E-state index contributed by atoms with van der Waals surface area (Å²) in [6, 6.07) is 15.5. The molecule has 1 unspecified atom stereocenters. The molecule has 0 radical (unpaired) electrons. The topological polar surface area (TPSA) is 55.7 Å². The minimum absolute atomic E-state index is 0.383. The van der Waals surface area contributed by atoms with Crippen LogP contribution >= 0.6 is 22.9 Å². The van der Waals surface area contributed by atoms with Crippen LogP contribution in [-0.2, 0) is 28.7 Å². The van der Waals surface area contributed by atoms with E-state index in [1.165, 1.54) is 0 Å². The summed E-state index contributed by atoms with van der Waals surface area (Å²) in [7, 11) is -1.09. The van der Waals surface area contributed by atoms with Gasteiger partial charge in [0.15, 0.2) is 0 Å². The van der Waals surface area contributed by atoms with Crippen molar-refractivity contribution in [1.82, 2.24) is 15.0 Å². The summed E-state index contributed by atoms with van der Waals surface area (Å²) < 4.78 is 12.7. The highest BCUT2D eigenvalue weighted by molar-refractivity contribution is 7.83. The predicted octanol–water partition coefficient (Wildman–Crippen LogP) is 5.09. The molecular weight excluding hydrogens is 410 g/mol. The first-order valence-corrected chi connectivity index (χ1v) is 11.6. The molecule has 4 aromatic rings. The molecule has 0 aliphatic heterocycles. The minimum atomic E-state index is -1.09. The Labute approximate surface area is 175 Å². The predicted molar refractivity (Wildman–Crippen MR) is 116 cm³/mol. The van der Waals surface area contributed by atoms with E-state index in [0.29, 0.717) is 11.5 Å². The average molecular weight is 428 g/mol. The minimum Gasteiger partial charge on any atom is -0.259 e. The monoisotopic (exact) mass is 427 g/mol. The fourth-order valence-corrected chi connectivity index (χ4v) is 5.12. The lowest BCUT2D eigenvalue weighted by atomic mass is 10.2. The maximum absolute atomic E-state index is 12.7. The average Bonchev–Trinajstić information content (AvgIpc) is 3.11. The quantitative estimate of drug-likeness (QED) is 0.430. The molecule has 28 heavy (non-hydrogen) atoms. The molecule has 142 valence electrons. The van der Waals surface area contributed by atoms with Crippen molar-refractivity contribution in [2.24, 2.45) is 0 Å². The molecule has 2 heterocycles. The van der Waals surface area contributed by atoms with Crippen molar-refractivity contribution in [3.8, 4) is 0 Å². The number of hydrogen-bond donors (Lipinski definition) is 0. The number of hydrogen-bond acceptors (Lipinski definition) is 5. The largest absolute Gasteiger partial charge is 0.259 e. The summed E-state index contributed by atoms with van der Waals surface area (Å²) in [5.41, 5.74) is 5.33. The summed E-state index contributed by atoms with van der Waals surface area (Å²) in [6.45, 7) is 1.92. The number of halogens is 1. The summed E-state index contributed by atoms with van der Waals surface area (Å²) >= 11 is 7.52. The molecule has 0 aliphatic rings. The first-order valence-electron chi connectivity index (χ1n) is 8.82. The van der Waals surface area contributed by atoms with Gasteiger partial charge in [0.2, 0.25) is 0 Å². The van der Waals surface area contributed by atoms with Gasteiger partial charge < -0.3 is 0 Å². The second-order valence-electron chi connectivity index (χ2n) is 6.51. The second kappa shape index (κ2) is 8.47. The molecule has 4 nitrogen and oxygen atoms in total. The fourth-order valence-electron chi connectivity index (χ4n) is 2.90. The number of para-hydroxylation sites is 2. The van der Waals surface area contributed by atoms with Crippen LogP contribution in [0.5, 0.6) is 0 Å². The van der Waals surface area contributed by atoms with E-state index < -0.39 is 10.8 Å². The van der Waals surface area contributed by atoms with Crippen LogP contribution in [0.2, 0.25) is 5.02 Å². The molecule has 1 atom stereocenters. The van der Waals surface area contributed by atoms with E-state index in [1.807, 2.05) is 60.8 Å². The molecular formula is C21H18ClN3OS2. The van der Waals surface area contributed by atoms with Gasteiger partial charge in [-0.25, -0.2) is 15.0 Å². The Morgan fingerprint density at radius 3 is 2.43 bits per heavy atom. The van der Waals surface area contributed by atoms with Gasteiger partial charge in [-0.2, -0.15) is 0 Å². The highest BCUT2D eigenvalue weighted by Gasteiger charge is 2.12. The van der Waals surface area contributed by atoms with Crippen molar-refractivity contribution in [2.75, 3.05) is 0 Å². The van der Waals surface area contributed by atoms with Crippen LogP contribution in [0.15, 0.2) is 53.9 Å². The fraction of sp³-hybridized carbons (Fsp3) is 0.190. The third kappa shape index (κ3) is 4.63. The third-order valence-electron chi connectivity index (χ3n) is 4.32.